The van der Waals surface area contributed by atoms with Crippen molar-refractivity contribution in [2.24, 2.45) is 17.3 Å². The first-order valence-corrected chi connectivity index (χ1v) is 10.7. The molecule has 5 aliphatic rings. The van der Waals surface area contributed by atoms with Gasteiger partial charge < -0.3 is 15.2 Å². The topological polar surface area (TPSA) is 58.6 Å². The Morgan fingerprint density at radius 1 is 1.07 bits per heavy atom. The molecule has 4 saturated carbocycles. The van der Waals surface area contributed by atoms with Crippen molar-refractivity contribution in [3.8, 4) is 0 Å². The summed E-state index contributed by atoms with van der Waals surface area (Å²) in [4.78, 5) is 13.2. The molecule has 4 aliphatic carbocycles. The van der Waals surface area contributed by atoms with Crippen LogP contribution in [0.1, 0.15) is 63.4 Å². The summed E-state index contributed by atoms with van der Waals surface area (Å²) >= 11 is 0. The SMILES string of the molecule is O=C(CC12CC3CC(CC(O)(C3)C1)C2)OC1(c2ccccc2)CCNCC1. The van der Waals surface area contributed by atoms with Crippen molar-refractivity contribution in [1.29, 1.82) is 0 Å². The Balaban J connectivity index is 1.35. The number of hydrogen-bond acceptors (Lipinski definition) is 4. The number of nitrogens with one attached hydrogen (secondary N) is 1. The van der Waals surface area contributed by atoms with Gasteiger partial charge in [-0.15, -0.1) is 0 Å². The largest absolute Gasteiger partial charge is 0.454 e. The minimum absolute atomic E-state index is 0.0271. The third-order valence-corrected chi connectivity index (χ3v) is 7.69. The van der Waals surface area contributed by atoms with Crippen LogP contribution in [0.3, 0.4) is 0 Å². The summed E-state index contributed by atoms with van der Waals surface area (Å²) in [6.07, 6.45) is 8.25. The van der Waals surface area contributed by atoms with Gasteiger partial charge in [0.2, 0.25) is 0 Å². The minimum Gasteiger partial charge on any atom is -0.454 e. The van der Waals surface area contributed by atoms with Gasteiger partial charge in [0.25, 0.3) is 0 Å². The number of rotatable bonds is 4. The van der Waals surface area contributed by atoms with E-state index in [1.807, 2.05) is 18.2 Å². The zero-order valence-corrected chi connectivity index (χ0v) is 16.1. The van der Waals surface area contributed by atoms with Crippen molar-refractivity contribution in [3.63, 3.8) is 0 Å². The summed E-state index contributed by atoms with van der Waals surface area (Å²) in [5.74, 6) is 1.14. The zero-order valence-electron chi connectivity index (χ0n) is 16.1. The van der Waals surface area contributed by atoms with Gasteiger partial charge in [-0.05, 0) is 74.4 Å². The number of esters is 1. The predicted octanol–water partition coefficient (Wildman–Crippen LogP) is 3.53. The van der Waals surface area contributed by atoms with E-state index in [9.17, 15) is 9.90 Å². The molecule has 1 aliphatic heterocycles. The minimum atomic E-state index is -0.518. The second kappa shape index (κ2) is 6.31. The van der Waals surface area contributed by atoms with Crippen LogP contribution in [0.4, 0.5) is 0 Å². The molecule has 0 aromatic heterocycles. The summed E-state index contributed by atoms with van der Waals surface area (Å²) < 4.78 is 6.28. The van der Waals surface area contributed by atoms with Crippen LogP contribution in [-0.4, -0.2) is 29.8 Å². The number of piperidine rings is 1. The standard InChI is InChI=1S/C23H31NO3/c25-20(15-21-11-17-10-18(12-21)14-22(26,13-17)16-21)27-23(6-8-24-9-7-23)19-4-2-1-3-5-19/h1-5,17-18,24,26H,6-16H2. The van der Waals surface area contributed by atoms with Gasteiger partial charge in [0.05, 0.1) is 12.0 Å². The van der Waals surface area contributed by atoms with Crippen LogP contribution in [0.5, 0.6) is 0 Å². The van der Waals surface area contributed by atoms with Gasteiger partial charge >= 0.3 is 5.97 Å². The maximum Gasteiger partial charge on any atom is 0.307 e. The molecule has 1 saturated heterocycles. The van der Waals surface area contributed by atoms with Crippen molar-refractivity contribution in [2.45, 2.75) is 69.0 Å². The highest BCUT2D eigenvalue weighted by atomic mass is 16.6. The van der Waals surface area contributed by atoms with Crippen LogP contribution in [0, 0.1) is 17.3 Å². The van der Waals surface area contributed by atoms with Crippen LogP contribution >= 0.6 is 0 Å². The molecular weight excluding hydrogens is 338 g/mol. The van der Waals surface area contributed by atoms with E-state index < -0.39 is 11.2 Å². The Kier molecular flexibility index (Phi) is 4.14. The first-order valence-electron chi connectivity index (χ1n) is 10.7. The maximum absolute atomic E-state index is 13.2. The van der Waals surface area contributed by atoms with Gasteiger partial charge in [0, 0.05) is 12.8 Å². The van der Waals surface area contributed by atoms with E-state index in [1.165, 1.54) is 6.42 Å². The Bertz CT molecular complexity index is 696. The summed E-state index contributed by atoms with van der Waals surface area (Å²) in [6.45, 7) is 1.74. The van der Waals surface area contributed by atoms with E-state index in [2.05, 4.69) is 17.4 Å². The second-order valence-corrected chi connectivity index (χ2v) is 9.95. The zero-order chi connectivity index (χ0) is 18.5. The molecule has 4 nitrogen and oxygen atoms in total. The molecule has 27 heavy (non-hydrogen) atoms. The van der Waals surface area contributed by atoms with Crippen LogP contribution in [0.15, 0.2) is 30.3 Å². The summed E-state index contributed by atoms with van der Waals surface area (Å²) in [7, 11) is 0. The van der Waals surface area contributed by atoms with Crippen molar-refractivity contribution >= 4 is 5.97 Å². The van der Waals surface area contributed by atoms with Gasteiger partial charge in [-0.25, -0.2) is 0 Å². The van der Waals surface area contributed by atoms with Crippen LogP contribution < -0.4 is 5.32 Å². The predicted molar refractivity (Wildman–Crippen MR) is 103 cm³/mol. The fourth-order valence-electron chi connectivity index (χ4n) is 7.19. The normalized spacial score (nSPS) is 39.3. The highest BCUT2D eigenvalue weighted by Crippen LogP contribution is 2.63. The summed E-state index contributed by atoms with van der Waals surface area (Å²) in [5.41, 5.74) is 0.0729. The first-order chi connectivity index (χ1) is 13.0. The smallest absolute Gasteiger partial charge is 0.307 e. The van der Waals surface area contributed by atoms with E-state index in [1.54, 1.807) is 0 Å². The number of ether oxygens (including phenoxy) is 1. The Labute approximate surface area is 161 Å². The van der Waals surface area contributed by atoms with Gasteiger partial charge in [0.15, 0.2) is 0 Å². The van der Waals surface area contributed by atoms with Gasteiger partial charge in [-0.1, -0.05) is 30.3 Å². The monoisotopic (exact) mass is 369 g/mol. The lowest BCUT2D eigenvalue weighted by Crippen LogP contribution is -2.56. The van der Waals surface area contributed by atoms with E-state index >= 15 is 0 Å². The maximum atomic E-state index is 13.2. The third kappa shape index (κ3) is 3.21. The Morgan fingerprint density at radius 2 is 1.74 bits per heavy atom. The number of carbonyl (C=O) groups is 1. The van der Waals surface area contributed by atoms with E-state index in [4.69, 9.17) is 4.74 Å². The fourth-order valence-corrected chi connectivity index (χ4v) is 7.19. The molecule has 4 heteroatoms. The van der Waals surface area contributed by atoms with E-state index in [-0.39, 0.29) is 11.4 Å². The molecule has 2 unspecified atom stereocenters. The second-order valence-electron chi connectivity index (χ2n) is 9.95. The molecule has 1 aromatic rings. The molecule has 6 rings (SSSR count). The van der Waals surface area contributed by atoms with Crippen LogP contribution in [0.2, 0.25) is 0 Å². The number of carbonyl (C=O) groups excluding carboxylic acids is 1. The molecule has 0 amide bonds. The third-order valence-electron chi connectivity index (χ3n) is 7.69. The number of aliphatic hydroxyl groups is 1. The average Bonchev–Trinajstić information content (AvgIpc) is 2.60. The van der Waals surface area contributed by atoms with Gasteiger partial charge in [-0.2, -0.15) is 0 Å². The highest BCUT2D eigenvalue weighted by Gasteiger charge is 2.58. The lowest BCUT2D eigenvalue weighted by Gasteiger charge is -2.60. The first kappa shape index (κ1) is 17.7. The molecule has 1 heterocycles. The average molecular weight is 370 g/mol. The quantitative estimate of drug-likeness (QED) is 0.797. The van der Waals surface area contributed by atoms with Gasteiger partial charge in [-0.3, -0.25) is 4.79 Å². The van der Waals surface area contributed by atoms with Crippen molar-refractivity contribution < 1.29 is 14.6 Å². The van der Waals surface area contributed by atoms with Crippen molar-refractivity contribution in [1.82, 2.24) is 5.32 Å². The lowest BCUT2D eigenvalue weighted by atomic mass is 9.47. The molecule has 146 valence electrons. The van der Waals surface area contributed by atoms with E-state index in [0.717, 1.165) is 63.6 Å². The molecule has 1 aromatic carbocycles. The molecule has 0 radical (unpaired) electrons. The lowest BCUT2D eigenvalue weighted by molar-refractivity contribution is -0.186. The Morgan fingerprint density at radius 3 is 2.37 bits per heavy atom. The highest BCUT2D eigenvalue weighted by molar-refractivity contribution is 5.71. The molecule has 2 N–H and O–H groups in total. The molecule has 4 bridgehead atoms. The van der Waals surface area contributed by atoms with E-state index in [0.29, 0.717) is 18.3 Å². The summed E-state index contributed by atoms with van der Waals surface area (Å²) in [6, 6.07) is 10.2. The molecule has 5 fully saturated rings. The van der Waals surface area contributed by atoms with Crippen molar-refractivity contribution in [2.75, 3.05) is 13.1 Å². The molecule has 0 spiro atoms. The molecular formula is C23H31NO3. The molecule has 2 atom stereocenters. The van der Waals surface area contributed by atoms with Crippen LogP contribution in [0.25, 0.3) is 0 Å². The van der Waals surface area contributed by atoms with Crippen molar-refractivity contribution in [3.05, 3.63) is 35.9 Å². The van der Waals surface area contributed by atoms with Gasteiger partial charge in [0.1, 0.15) is 5.60 Å². The number of benzene rings is 1. The van der Waals surface area contributed by atoms with Crippen LogP contribution in [-0.2, 0) is 15.1 Å². The Hall–Kier alpha value is -1.39. The number of hydrogen-bond donors (Lipinski definition) is 2. The summed E-state index contributed by atoms with van der Waals surface area (Å²) in [5, 5.41) is 14.4. The fraction of sp³-hybridized carbons (Fsp3) is 0.696.